The largest absolute Gasteiger partial charge is 0.378 e. The minimum absolute atomic E-state index is 0.00651. The van der Waals surface area contributed by atoms with Crippen LogP contribution in [0.3, 0.4) is 0 Å². The van der Waals surface area contributed by atoms with E-state index >= 15 is 0 Å². The van der Waals surface area contributed by atoms with Gasteiger partial charge in [-0.1, -0.05) is 11.6 Å². The Hall–Kier alpha value is -0.930. The molecular formula is C13H14ClFO2. The van der Waals surface area contributed by atoms with Crippen LogP contribution in [0.5, 0.6) is 0 Å². The van der Waals surface area contributed by atoms with Gasteiger partial charge in [0.15, 0.2) is 5.78 Å². The molecule has 1 aromatic carbocycles. The summed E-state index contributed by atoms with van der Waals surface area (Å²) in [5.74, 6) is -0.509. The van der Waals surface area contributed by atoms with E-state index in [-0.39, 0.29) is 16.9 Å². The van der Waals surface area contributed by atoms with Gasteiger partial charge in [0, 0.05) is 18.6 Å². The predicted molar refractivity (Wildman–Crippen MR) is 63.9 cm³/mol. The Kier molecular flexibility index (Phi) is 4.13. The number of Topliss-reactive ketones (excluding diaryl/α,β-unsaturated/α-hetero) is 1. The van der Waals surface area contributed by atoms with E-state index in [2.05, 4.69) is 0 Å². The molecule has 1 aliphatic heterocycles. The van der Waals surface area contributed by atoms with Crippen molar-refractivity contribution in [3.63, 3.8) is 0 Å². The van der Waals surface area contributed by atoms with Gasteiger partial charge in [-0.2, -0.15) is 0 Å². The Morgan fingerprint density at radius 2 is 2.35 bits per heavy atom. The summed E-state index contributed by atoms with van der Waals surface area (Å²) in [6.07, 6.45) is 3.45. The van der Waals surface area contributed by atoms with E-state index in [0.29, 0.717) is 12.0 Å². The van der Waals surface area contributed by atoms with Gasteiger partial charge < -0.3 is 4.74 Å². The van der Waals surface area contributed by atoms with E-state index < -0.39 is 5.82 Å². The molecule has 17 heavy (non-hydrogen) atoms. The first-order valence-corrected chi connectivity index (χ1v) is 6.14. The lowest BCUT2D eigenvalue weighted by molar-refractivity contribution is 0.0859. The van der Waals surface area contributed by atoms with Crippen LogP contribution in [0, 0.1) is 5.82 Å². The highest BCUT2D eigenvalue weighted by atomic mass is 35.5. The van der Waals surface area contributed by atoms with E-state index in [1.807, 2.05) is 0 Å². The summed E-state index contributed by atoms with van der Waals surface area (Å²) < 4.78 is 18.4. The molecule has 1 heterocycles. The third-order valence-corrected chi connectivity index (χ3v) is 3.25. The topological polar surface area (TPSA) is 26.3 Å². The van der Waals surface area contributed by atoms with E-state index in [9.17, 15) is 9.18 Å². The minimum atomic E-state index is -0.498. The molecule has 0 N–H and O–H groups in total. The van der Waals surface area contributed by atoms with Crippen LogP contribution in [0.2, 0.25) is 5.02 Å². The molecule has 1 saturated heterocycles. The Balaban J connectivity index is 1.92. The van der Waals surface area contributed by atoms with Crippen molar-refractivity contribution in [2.24, 2.45) is 0 Å². The van der Waals surface area contributed by atoms with Gasteiger partial charge in [0.25, 0.3) is 0 Å². The first kappa shape index (κ1) is 12.5. The van der Waals surface area contributed by atoms with Crippen LogP contribution in [0.4, 0.5) is 4.39 Å². The molecule has 0 radical (unpaired) electrons. The Bertz CT molecular complexity index is 414. The molecular weight excluding hydrogens is 243 g/mol. The van der Waals surface area contributed by atoms with Gasteiger partial charge in [-0.3, -0.25) is 4.79 Å². The average molecular weight is 257 g/mol. The zero-order valence-corrected chi connectivity index (χ0v) is 10.2. The SMILES string of the molecule is O=C(CCC1CCCO1)c1ccc(F)c(Cl)c1. The number of benzene rings is 1. The fourth-order valence-corrected chi connectivity index (χ4v) is 2.16. The van der Waals surface area contributed by atoms with Crippen molar-refractivity contribution in [3.8, 4) is 0 Å². The molecule has 1 fully saturated rings. The van der Waals surface area contributed by atoms with Gasteiger partial charge in [-0.25, -0.2) is 4.39 Å². The molecule has 1 aliphatic rings. The summed E-state index contributed by atoms with van der Waals surface area (Å²) in [5.41, 5.74) is 0.467. The monoisotopic (exact) mass is 256 g/mol. The second kappa shape index (κ2) is 5.61. The summed E-state index contributed by atoms with van der Waals surface area (Å²) in [4.78, 5) is 11.8. The van der Waals surface area contributed by atoms with Gasteiger partial charge in [0.05, 0.1) is 11.1 Å². The lowest BCUT2D eigenvalue weighted by Crippen LogP contribution is -2.09. The third kappa shape index (κ3) is 3.27. The van der Waals surface area contributed by atoms with Gasteiger partial charge in [-0.15, -0.1) is 0 Å². The predicted octanol–water partition coefficient (Wildman–Crippen LogP) is 3.62. The number of ketones is 1. The summed E-state index contributed by atoms with van der Waals surface area (Å²) in [6, 6.07) is 4.08. The van der Waals surface area contributed by atoms with E-state index in [1.165, 1.54) is 18.2 Å². The van der Waals surface area contributed by atoms with Crippen molar-refractivity contribution in [2.75, 3.05) is 6.61 Å². The summed E-state index contributed by atoms with van der Waals surface area (Å²) in [7, 11) is 0. The van der Waals surface area contributed by atoms with Crippen molar-refractivity contribution in [3.05, 3.63) is 34.6 Å². The molecule has 2 rings (SSSR count). The van der Waals surface area contributed by atoms with Crippen LogP contribution in [0.15, 0.2) is 18.2 Å². The highest BCUT2D eigenvalue weighted by molar-refractivity contribution is 6.31. The third-order valence-electron chi connectivity index (χ3n) is 2.96. The number of halogens is 2. The van der Waals surface area contributed by atoms with Gasteiger partial charge in [0.1, 0.15) is 5.82 Å². The zero-order chi connectivity index (χ0) is 12.3. The van der Waals surface area contributed by atoms with E-state index in [1.54, 1.807) is 0 Å². The van der Waals surface area contributed by atoms with E-state index in [4.69, 9.17) is 16.3 Å². The number of carbonyl (C=O) groups is 1. The number of hydrogen-bond donors (Lipinski definition) is 0. The molecule has 0 bridgehead atoms. The van der Waals surface area contributed by atoms with Gasteiger partial charge in [-0.05, 0) is 37.5 Å². The Morgan fingerprint density at radius 3 is 3.00 bits per heavy atom. The van der Waals surface area contributed by atoms with Crippen molar-refractivity contribution in [1.82, 2.24) is 0 Å². The summed E-state index contributed by atoms with van der Waals surface area (Å²) in [5, 5.41) is -0.00651. The quantitative estimate of drug-likeness (QED) is 0.769. The van der Waals surface area contributed by atoms with Crippen molar-refractivity contribution >= 4 is 17.4 Å². The molecule has 1 atom stereocenters. The molecule has 0 amide bonds. The molecule has 0 aromatic heterocycles. The molecule has 2 nitrogen and oxygen atoms in total. The number of ether oxygens (including phenoxy) is 1. The van der Waals surface area contributed by atoms with E-state index in [0.717, 1.165) is 25.9 Å². The summed E-state index contributed by atoms with van der Waals surface area (Å²) >= 11 is 5.63. The van der Waals surface area contributed by atoms with Gasteiger partial charge >= 0.3 is 0 Å². The maximum atomic E-state index is 12.9. The van der Waals surface area contributed by atoms with Crippen LogP contribution >= 0.6 is 11.6 Å². The Morgan fingerprint density at radius 1 is 1.53 bits per heavy atom. The van der Waals surface area contributed by atoms with Crippen LogP contribution < -0.4 is 0 Å². The highest BCUT2D eigenvalue weighted by Crippen LogP contribution is 2.20. The van der Waals surface area contributed by atoms with Gasteiger partial charge in [0.2, 0.25) is 0 Å². The fourth-order valence-electron chi connectivity index (χ4n) is 1.98. The van der Waals surface area contributed by atoms with Crippen molar-refractivity contribution < 1.29 is 13.9 Å². The lowest BCUT2D eigenvalue weighted by Gasteiger charge is -2.08. The second-order valence-electron chi connectivity index (χ2n) is 4.23. The molecule has 1 aromatic rings. The van der Waals surface area contributed by atoms with Crippen LogP contribution in [0.25, 0.3) is 0 Å². The average Bonchev–Trinajstić information content (AvgIpc) is 2.82. The first-order valence-electron chi connectivity index (χ1n) is 5.76. The molecule has 0 saturated carbocycles. The molecule has 0 spiro atoms. The normalized spacial score (nSPS) is 19.5. The summed E-state index contributed by atoms with van der Waals surface area (Å²) in [6.45, 7) is 0.793. The number of hydrogen-bond acceptors (Lipinski definition) is 2. The maximum Gasteiger partial charge on any atom is 0.163 e. The standard InChI is InChI=1S/C13H14ClFO2/c14-11-8-9(3-5-12(11)15)13(16)6-4-10-2-1-7-17-10/h3,5,8,10H,1-2,4,6-7H2. The van der Waals surface area contributed by atoms with Crippen LogP contribution in [-0.2, 0) is 4.74 Å². The van der Waals surface area contributed by atoms with Crippen molar-refractivity contribution in [1.29, 1.82) is 0 Å². The molecule has 1 unspecified atom stereocenters. The van der Waals surface area contributed by atoms with Crippen LogP contribution in [0.1, 0.15) is 36.0 Å². The maximum absolute atomic E-state index is 12.9. The van der Waals surface area contributed by atoms with Crippen LogP contribution in [-0.4, -0.2) is 18.5 Å². The molecule has 0 aliphatic carbocycles. The molecule has 4 heteroatoms. The number of carbonyl (C=O) groups excluding carboxylic acids is 1. The lowest BCUT2D eigenvalue weighted by atomic mass is 10.0. The minimum Gasteiger partial charge on any atom is -0.378 e. The Labute approximate surface area is 105 Å². The first-order chi connectivity index (χ1) is 8.16. The fraction of sp³-hybridized carbons (Fsp3) is 0.462. The number of rotatable bonds is 4. The smallest absolute Gasteiger partial charge is 0.163 e. The molecule has 92 valence electrons. The zero-order valence-electron chi connectivity index (χ0n) is 9.42. The highest BCUT2D eigenvalue weighted by Gasteiger charge is 2.17. The van der Waals surface area contributed by atoms with Crippen molar-refractivity contribution in [2.45, 2.75) is 31.8 Å². The second-order valence-corrected chi connectivity index (χ2v) is 4.63.